The van der Waals surface area contributed by atoms with Crippen LogP contribution in [0, 0.1) is 0 Å². The van der Waals surface area contributed by atoms with E-state index in [-0.39, 0.29) is 0 Å². The van der Waals surface area contributed by atoms with E-state index in [4.69, 9.17) is 0 Å². The van der Waals surface area contributed by atoms with Crippen molar-refractivity contribution < 1.29 is 4.79 Å². The van der Waals surface area contributed by atoms with Gasteiger partial charge < -0.3 is 5.01 Å². The van der Waals surface area contributed by atoms with E-state index in [1.807, 2.05) is 6.92 Å². The van der Waals surface area contributed by atoms with E-state index in [0.717, 1.165) is 6.29 Å². The molecule has 3 heteroatoms. The van der Waals surface area contributed by atoms with E-state index in [2.05, 4.69) is 5.10 Å². The Labute approximate surface area is 55.4 Å². The van der Waals surface area contributed by atoms with Gasteiger partial charge in [0, 0.05) is 14.1 Å². The van der Waals surface area contributed by atoms with Crippen molar-refractivity contribution >= 4 is 12.0 Å². The first kappa shape index (κ1) is 8.14. The molecular weight excluding hydrogens is 116 g/mol. The first-order valence-electron chi connectivity index (χ1n) is 2.90. The zero-order valence-electron chi connectivity index (χ0n) is 6.09. The largest absolute Gasteiger partial charge is 0.303 e. The third-order valence-electron chi connectivity index (χ3n) is 0.827. The van der Waals surface area contributed by atoms with Crippen LogP contribution in [-0.4, -0.2) is 31.1 Å². The minimum atomic E-state index is 0.583. The summed E-state index contributed by atoms with van der Waals surface area (Å²) in [5, 5.41) is 5.51. The maximum Gasteiger partial charge on any atom is 0.166 e. The fraction of sp³-hybridized carbons (Fsp3) is 0.667. The standard InChI is InChI=1S/C6H12N2O/c1-4-6(5-9)7-8(2)3/h5H,4H2,1-3H3/b7-6+. The summed E-state index contributed by atoms with van der Waals surface area (Å²) in [5.74, 6) is 0. The molecule has 0 aliphatic carbocycles. The molecule has 0 radical (unpaired) electrons. The maximum atomic E-state index is 10.1. The summed E-state index contributed by atoms with van der Waals surface area (Å²) in [6.45, 7) is 1.90. The second-order valence-corrected chi connectivity index (χ2v) is 1.91. The lowest BCUT2D eigenvalue weighted by Gasteiger charge is -2.03. The first-order chi connectivity index (χ1) is 4.20. The van der Waals surface area contributed by atoms with Crippen molar-refractivity contribution in [2.45, 2.75) is 13.3 Å². The molecule has 3 nitrogen and oxygen atoms in total. The van der Waals surface area contributed by atoms with Crippen LogP contribution in [0.1, 0.15) is 13.3 Å². The summed E-state index contributed by atoms with van der Waals surface area (Å²) in [5.41, 5.74) is 0.583. The van der Waals surface area contributed by atoms with Crippen molar-refractivity contribution in [3.05, 3.63) is 0 Å². The molecule has 0 aliphatic rings. The van der Waals surface area contributed by atoms with Crippen molar-refractivity contribution in [1.29, 1.82) is 0 Å². The van der Waals surface area contributed by atoms with E-state index in [9.17, 15) is 4.79 Å². The molecule has 0 N–H and O–H groups in total. The molecule has 0 bridgehead atoms. The average Bonchev–Trinajstić information content (AvgIpc) is 1.82. The second-order valence-electron chi connectivity index (χ2n) is 1.91. The molecule has 0 spiro atoms. The third kappa shape index (κ3) is 3.70. The number of nitrogens with zero attached hydrogens (tertiary/aromatic N) is 2. The Balaban J connectivity index is 3.90. The van der Waals surface area contributed by atoms with Crippen LogP contribution < -0.4 is 0 Å². The molecule has 9 heavy (non-hydrogen) atoms. The topological polar surface area (TPSA) is 32.7 Å². The molecule has 0 fully saturated rings. The fourth-order valence-corrected chi connectivity index (χ4v) is 0.435. The van der Waals surface area contributed by atoms with Gasteiger partial charge in [-0.25, -0.2) is 0 Å². The minimum absolute atomic E-state index is 0.583. The maximum absolute atomic E-state index is 10.1. The SMILES string of the molecule is CC/C(C=O)=N\N(C)C. The van der Waals surface area contributed by atoms with Gasteiger partial charge in [0.05, 0.1) is 5.71 Å². The highest BCUT2D eigenvalue weighted by Gasteiger charge is 1.90. The molecular formula is C6H12N2O. The van der Waals surface area contributed by atoms with Crippen molar-refractivity contribution in [2.75, 3.05) is 14.1 Å². The molecule has 52 valence electrons. The molecule has 0 saturated heterocycles. The van der Waals surface area contributed by atoms with Gasteiger partial charge in [-0.2, -0.15) is 5.10 Å². The van der Waals surface area contributed by atoms with E-state index in [0.29, 0.717) is 12.1 Å². The number of hydrogen-bond acceptors (Lipinski definition) is 3. The van der Waals surface area contributed by atoms with E-state index < -0.39 is 0 Å². The molecule has 0 rings (SSSR count). The molecule has 0 saturated carbocycles. The fourth-order valence-electron chi connectivity index (χ4n) is 0.435. The molecule has 0 aliphatic heterocycles. The lowest BCUT2D eigenvalue weighted by atomic mass is 10.3. The summed E-state index contributed by atoms with van der Waals surface area (Å²) >= 11 is 0. The smallest absolute Gasteiger partial charge is 0.166 e. The van der Waals surface area contributed by atoms with Crippen molar-refractivity contribution in [3.8, 4) is 0 Å². The summed E-state index contributed by atoms with van der Waals surface area (Å²) in [6, 6.07) is 0. The highest BCUT2D eigenvalue weighted by atomic mass is 16.1. The summed E-state index contributed by atoms with van der Waals surface area (Å²) in [6.07, 6.45) is 1.47. The monoisotopic (exact) mass is 128 g/mol. The Morgan fingerprint density at radius 3 is 2.33 bits per heavy atom. The van der Waals surface area contributed by atoms with Crippen LogP contribution in [0.3, 0.4) is 0 Å². The van der Waals surface area contributed by atoms with Crippen LogP contribution in [0.5, 0.6) is 0 Å². The average molecular weight is 128 g/mol. The summed E-state index contributed by atoms with van der Waals surface area (Å²) < 4.78 is 0. The predicted molar refractivity (Wildman–Crippen MR) is 37.5 cm³/mol. The molecule has 0 amide bonds. The van der Waals surface area contributed by atoms with Gasteiger partial charge in [0.25, 0.3) is 0 Å². The molecule has 0 aromatic heterocycles. The quantitative estimate of drug-likeness (QED) is 0.315. The van der Waals surface area contributed by atoms with Gasteiger partial charge in [-0.05, 0) is 6.42 Å². The second kappa shape index (κ2) is 4.06. The van der Waals surface area contributed by atoms with Gasteiger partial charge >= 0.3 is 0 Å². The first-order valence-corrected chi connectivity index (χ1v) is 2.90. The van der Waals surface area contributed by atoms with Gasteiger partial charge in [0.15, 0.2) is 6.29 Å². The van der Waals surface area contributed by atoms with Crippen LogP contribution >= 0.6 is 0 Å². The van der Waals surface area contributed by atoms with Crippen LogP contribution in [0.15, 0.2) is 5.10 Å². The number of carbonyl (C=O) groups excluding carboxylic acids is 1. The zero-order valence-corrected chi connectivity index (χ0v) is 6.09. The highest BCUT2D eigenvalue weighted by Crippen LogP contribution is 1.83. The van der Waals surface area contributed by atoms with Gasteiger partial charge in [0.2, 0.25) is 0 Å². The summed E-state index contributed by atoms with van der Waals surface area (Å²) in [4.78, 5) is 10.1. The van der Waals surface area contributed by atoms with E-state index >= 15 is 0 Å². The molecule has 0 aromatic carbocycles. The highest BCUT2D eigenvalue weighted by molar-refractivity contribution is 6.27. The number of aldehydes is 1. The number of carbonyl (C=O) groups is 1. The number of hydrogen-bond donors (Lipinski definition) is 0. The summed E-state index contributed by atoms with van der Waals surface area (Å²) in [7, 11) is 3.58. The zero-order chi connectivity index (χ0) is 7.28. The van der Waals surface area contributed by atoms with Crippen LogP contribution in [-0.2, 0) is 4.79 Å². The number of rotatable bonds is 3. The van der Waals surface area contributed by atoms with Crippen LogP contribution in [0.2, 0.25) is 0 Å². The molecule has 0 unspecified atom stereocenters. The van der Waals surface area contributed by atoms with Crippen molar-refractivity contribution in [1.82, 2.24) is 5.01 Å². The predicted octanol–water partition coefficient (Wildman–Crippen LogP) is 0.513. The minimum Gasteiger partial charge on any atom is -0.303 e. The Bertz CT molecular complexity index is 118. The van der Waals surface area contributed by atoms with Gasteiger partial charge in [0.1, 0.15) is 0 Å². The third-order valence-corrected chi connectivity index (χ3v) is 0.827. The van der Waals surface area contributed by atoms with Crippen molar-refractivity contribution in [3.63, 3.8) is 0 Å². The lowest BCUT2D eigenvalue weighted by Crippen LogP contribution is -2.08. The van der Waals surface area contributed by atoms with Crippen molar-refractivity contribution in [2.24, 2.45) is 5.10 Å². The van der Waals surface area contributed by atoms with Crippen LogP contribution in [0.25, 0.3) is 0 Å². The van der Waals surface area contributed by atoms with Gasteiger partial charge in [-0.15, -0.1) is 0 Å². The Morgan fingerprint density at radius 1 is 1.67 bits per heavy atom. The number of hydrazone groups is 1. The Morgan fingerprint density at radius 2 is 2.22 bits per heavy atom. The molecule has 0 heterocycles. The van der Waals surface area contributed by atoms with Gasteiger partial charge in [-0.1, -0.05) is 6.92 Å². The van der Waals surface area contributed by atoms with Crippen LogP contribution in [0.4, 0.5) is 0 Å². The molecule has 0 aromatic rings. The van der Waals surface area contributed by atoms with E-state index in [1.165, 1.54) is 0 Å². The molecule has 0 atom stereocenters. The Hall–Kier alpha value is -0.860. The lowest BCUT2D eigenvalue weighted by molar-refractivity contribution is -0.102. The van der Waals surface area contributed by atoms with E-state index in [1.54, 1.807) is 19.1 Å². The normalized spacial score (nSPS) is 11.2. The Kier molecular flexibility index (Phi) is 3.67. The van der Waals surface area contributed by atoms with Gasteiger partial charge in [-0.3, -0.25) is 4.79 Å².